The molecule has 0 unspecified atom stereocenters. The molecular weight excluding hydrogens is 257 g/mol. The summed E-state index contributed by atoms with van der Waals surface area (Å²) in [7, 11) is -3.88. The fourth-order valence-corrected chi connectivity index (χ4v) is 3.39. The van der Waals surface area contributed by atoms with E-state index in [4.69, 9.17) is 5.73 Å². The van der Waals surface area contributed by atoms with E-state index in [1.54, 1.807) is 0 Å². The van der Waals surface area contributed by atoms with Crippen molar-refractivity contribution in [3.05, 3.63) is 24.1 Å². The lowest BCUT2D eigenvalue weighted by Gasteiger charge is -2.26. The van der Waals surface area contributed by atoms with Gasteiger partial charge in [-0.25, -0.2) is 22.5 Å². The fourth-order valence-electron chi connectivity index (χ4n) is 2.08. The molecular formula is C11H16FN3O2S. The van der Waals surface area contributed by atoms with Crippen LogP contribution in [0.25, 0.3) is 0 Å². The van der Waals surface area contributed by atoms with Gasteiger partial charge in [-0.1, -0.05) is 0 Å². The normalized spacial score (nSPS) is 25.0. The molecule has 0 saturated heterocycles. The fraction of sp³-hybridized carbons (Fsp3) is 0.545. The van der Waals surface area contributed by atoms with Crippen molar-refractivity contribution in [3.8, 4) is 0 Å². The molecule has 7 heteroatoms. The summed E-state index contributed by atoms with van der Waals surface area (Å²) in [6.07, 6.45) is 4.16. The molecule has 5 nitrogen and oxygen atoms in total. The topological polar surface area (TPSA) is 85.1 Å². The quantitative estimate of drug-likeness (QED) is 0.851. The summed E-state index contributed by atoms with van der Waals surface area (Å²) in [5, 5.41) is -0.542. The van der Waals surface area contributed by atoms with Gasteiger partial charge in [0.1, 0.15) is 0 Å². The van der Waals surface area contributed by atoms with Crippen LogP contribution in [0.15, 0.2) is 23.4 Å². The van der Waals surface area contributed by atoms with Crippen molar-refractivity contribution in [2.24, 2.45) is 5.73 Å². The molecule has 1 aromatic rings. The number of halogens is 1. The number of aromatic nitrogens is 1. The van der Waals surface area contributed by atoms with Crippen LogP contribution in [0.1, 0.15) is 25.7 Å². The van der Waals surface area contributed by atoms with E-state index in [-0.39, 0.29) is 12.1 Å². The molecule has 0 amide bonds. The predicted molar refractivity (Wildman–Crippen MR) is 64.7 cm³/mol. The molecule has 18 heavy (non-hydrogen) atoms. The summed E-state index contributed by atoms with van der Waals surface area (Å²) in [4.78, 5) is 3.58. The molecule has 100 valence electrons. The maximum Gasteiger partial charge on any atom is 0.261 e. The molecule has 1 aromatic heterocycles. The molecule has 0 radical (unpaired) electrons. The number of nitrogens with zero attached hydrogens (tertiary/aromatic N) is 1. The molecule has 0 bridgehead atoms. The summed E-state index contributed by atoms with van der Waals surface area (Å²) >= 11 is 0. The minimum atomic E-state index is -3.88. The van der Waals surface area contributed by atoms with Crippen LogP contribution >= 0.6 is 0 Å². The van der Waals surface area contributed by atoms with Crippen molar-refractivity contribution >= 4 is 10.0 Å². The smallest absolute Gasteiger partial charge is 0.261 e. The first-order valence-corrected chi connectivity index (χ1v) is 7.36. The molecule has 1 saturated carbocycles. The van der Waals surface area contributed by atoms with E-state index in [9.17, 15) is 12.8 Å². The number of pyridine rings is 1. The zero-order valence-electron chi connectivity index (χ0n) is 9.84. The third-order valence-corrected chi connectivity index (χ3v) is 4.53. The van der Waals surface area contributed by atoms with Gasteiger partial charge < -0.3 is 5.73 Å². The van der Waals surface area contributed by atoms with Gasteiger partial charge in [0.25, 0.3) is 10.0 Å². The summed E-state index contributed by atoms with van der Waals surface area (Å²) in [6, 6.07) is 2.39. The van der Waals surface area contributed by atoms with Crippen LogP contribution in [-0.2, 0) is 10.0 Å². The van der Waals surface area contributed by atoms with Crippen LogP contribution in [0.4, 0.5) is 4.39 Å². The first-order chi connectivity index (χ1) is 8.49. The number of sulfonamides is 1. The zero-order chi connectivity index (χ0) is 13.2. The van der Waals surface area contributed by atoms with E-state index in [1.807, 2.05) is 0 Å². The standard InChI is InChI=1S/C11H16FN3O2S/c12-10-2-1-7-14-11(10)18(16,17)15-9-5-3-8(13)4-6-9/h1-2,7-9,15H,3-6,13H2. The lowest BCUT2D eigenvalue weighted by molar-refractivity contribution is 0.372. The molecule has 2 rings (SSSR count). The van der Waals surface area contributed by atoms with Gasteiger partial charge in [-0.05, 0) is 37.8 Å². The largest absolute Gasteiger partial charge is 0.328 e. The van der Waals surface area contributed by atoms with Crippen LogP contribution < -0.4 is 10.5 Å². The third-order valence-electron chi connectivity index (χ3n) is 3.07. The van der Waals surface area contributed by atoms with Gasteiger partial charge in [0.15, 0.2) is 5.82 Å². The van der Waals surface area contributed by atoms with Crippen molar-refractivity contribution in [1.82, 2.24) is 9.71 Å². The van der Waals surface area contributed by atoms with Crippen molar-refractivity contribution in [1.29, 1.82) is 0 Å². The molecule has 1 aliphatic carbocycles. The minimum absolute atomic E-state index is 0.136. The lowest BCUT2D eigenvalue weighted by Crippen LogP contribution is -2.40. The van der Waals surface area contributed by atoms with Crippen molar-refractivity contribution in [3.63, 3.8) is 0 Å². The minimum Gasteiger partial charge on any atom is -0.328 e. The number of nitrogens with two attached hydrogens (primary N) is 1. The first-order valence-electron chi connectivity index (χ1n) is 5.87. The predicted octanol–water partition coefficient (Wildman–Crippen LogP) is 0.769. The maximum absolute atomic E-state index is 13.4. The molecule has 1 fully saturated rings. The molecule has 0 spiro atoms. The zero-order valence-corrected chi connectivity index (χ0v) is 10.7. The van der Waals surface area contributed by atoms with Gasteiger partial charge in [-0.3, -0.25) is 0 Å². The highest BCUT2D eigenvalue weighted by Crippen LogP contribution is 2.19. The Kier molecular flexibility index (Phi) is 3.94. The number of nitrogens with one attached hydrogen (secondary N) is 1. The molecule has 0 aliphatic heterocycles. The Morgan fingerprint density at radius 3 is 2.61 bits per heavy atom. The number of hydrogen-bond acceptors (Lipinski definition) is 4. The van der Waals surface area contributed by atoms with Crippen LogP contribution in [0.5, 0.6) is 0 Å². The second kappa shape index (κ2) is 5.29. The van der Waals surface area contributed by atoms with Crippen molar-refractivity contribution in [2.75, 3.05) is 0 Å². The van der Waals surface area contributed by atoms with E-state index < -0.39 is 20.9 Å². The van der Waals surface area contributed by atoms with E-state index in [1.165, 1.54) is 12.3 Å². The Morgan fingerprint density at radius 1 is 1.33 bits per heavy atom. The maximum atomic E-state index is 13.4. The van der Waals surface area contributed by atoms with Gasteiger partial charge in [0, 0.05) is 18.3 Å². The van der Waals surface area contributed by atoms with E-state index in [0.29, 0.717) is 12.8 Å². The average molecular weight is 273 g/mol. The monoisotopic (exact) mass is 273 g/mol. The van der Waals surface area contributed by atoms with Gasteiger partial charge >= 0.3 is 0 Å². The Morgan fingerprint density at radius 2 is 2.00 bits per heavy atom. The molecule has 0 atom stereocenters. The molecule has 1 heterocycles. The van der Waals surface area contributed by atoms with Gasteiger partial charge in [0.05, 0.1) is 0 Å². The van der Waals surface area contributed by atoms with Crippen LogP contribution in [0.2, 0.25) is 0 Å². The molecule has 0 aromatic carbocycles. The Hall–Kier alpha value is -1.05. The second-order valence-electron chi connectivity index (χ2n) is 4.52. The van der Waals surface area contributed by atoms with E-state index >= 15 is 0 Å². The Balaban J connectivity index is 2.11. The average Bonchev–Trinajstić information content (AvgIpc) is 2.32. The third kappa shape index (κ3) is 3.04. The number of hydrogen-bond donors (Lipinski definition) is 2. The number of rotatable bonds is 3. The van der Waals surface area contributed by atoms with Crippen LogP contribution in [0, 0.1) is 5.82 Å². The summed E-state index contributed by atoms with van der Waals surface area (Å²) in [5.74, 6) is -0.836. The first kappa shape index (κ1) is 13.4. The highest BCUT2D eigenvalue weighted by atomic mass is 32.2. The summed E-state index contributed by atoms with van der Waals surface area (Å²) < 4.78 is 39.8. The SMILES string of the molecule is NC1CCC(NS(=O)(=O)c2ncccc2F)CC1. The van der Waals surface area contributed by atoms with Crippen molar-refractivity contribution < 1.29 is 12.8 Å². The van der Waals surface area contributed by atoms with Gasteiger partial charge in [-0.15, -0.1) is 0 Å². The summed E-state index contributed by atoms with van der Waals surface area (Å²) in [6.45, 7) is 0. The van der Waals surface area contributed by atoms with Crippen molar-refractivity contribution in [2.45, 2.75) is 42.8 Å². The highest BCUT2D eigenvalue weighted by molar-refractivity contribution is 7.89. The Labute approximate surface area is 106 Å². The molecule has 1 aliphatic rings. The lowest BCUT2D eigenvalue weighted by atomic mass is 9.93. The van der Waals surface area contributed by atoms with E-state index in [0.717, 1.165) is 18.9 Å². The van der Waals surface area contributed by atoms with Crippen LogP contribution in [0.3, 0.4) is 0 Å². The summed E-state index contributed by atoms with van der Waals surface area (Å²) in [5.41, 5.74) is 5.75. The Bertz CT molecular complexity index is 513. The second-order valence-corrected chi connectivity index (χ2v) is 6.15. The highest BCUT2D eigenvalue weighted by Gasteiger charge is 2.26. The van der Waals surface area contributed by atoms with E-state index in [2.05, 4.69) is 9.71 Å². The van der Waals surface area contributed by atoms with Gasteiger partial charge in [0.2, 0.25) is 5.03 Å². The van der Waals surface area contributed by atoms with Crippen LogP contribution in [-0.4, -0.2) is 25.5 Å². The molecule has 3 N–H and O–H groups in total. The van der Waals surface area contributed by atoms with Gasteiger partial charge in [-0.2, -0.15) is 0 Å².